The largest absolute Gasteiger partial charge is 0.472 e. The summed E-state index contributed by atoms with van der Waals surface area (Å²) in [4.78, 5) is 35.7. The molecule has 0 aromatic heterocycles. The van der Waals surface area contributed by atoms with Crippen molar-refractivity contribution >= 4 is 19.8 Å². The highest BCUT2D eigenvalue weighted by molar-refractivity contribution is 7.47. The summed E-state index contributed by atoms with van der Waals surface area (Å²) in [6, 6.07) is 0. The number of hydrogen-bond donors (Lipinski definition) is 6. The number of aliphatic hydroxyl groups excluding tert-OH is 5. The van der Waals surface area contributed by atoms with Gasteiger partial charge in [-0.25, -0.2) is 4.57 Å². The van der Waals surface area contributed by atoms with Crippen molar-refractivity contribution in [3.05, 3.63) is 0 Å². The maximum absolute atomic E-state index is 12.8. The Labute approximate surface area is 376 Å². The van der Waals surface area contributed by atoms with Gasteiger partial charge >= 0.3 is 19.8 Å². The topological polar surface area (TPSA) is 210 Å². The Morgan fingerprint density at radius 1 is 0.435 bits per heavy atom. The number of aliphatic hydroxyl groups is 5. The van der Waals surface area contributed by atoms with Crippen molar-refractivity contribution < 1.29 is 63.1 Å². The number of phosphoric ester groups is 1. The monoisotopic (exact) mass is 909 g/mol. The molecule has 0 heterocycles. The molecule has 1 aliphatic carbocycles. The summed E-state index contributed by atoms with van der Waals surface area (Å²) in [5.41, 5.74) is 0. The molecule has 0 bridgehead atoms. The normalized spacial score (nSPS) is 21.7. The number of carbonyl (C=O) groups excluding carboxylic acids is 2. The molecule has 6 unspecified atom stereocenters. The van der Waals surface area contributed by atoms with Crippen LogP contribution in [0.15, 0.2) is 0 Å². The first kappa shape index (κ1) is 58.9. The van der Waals surface area contributed by atoms with E-state index in [1.165, 1.54) is 161 Å². The van der Waals surface area contributed by atoms with Crippen LogP contribution in [0.4, 0.5) is 0 Å². The lowest BCUT2D eigenvalue weighted by Gasteiger charge is -2.41. The molecule has 13 nitrogen and oxygen atoms in total. The second kappa shape index (κ2) is 39.1. The summed E-state index contributed by atoms with van der Waals surface area (Å²) < 4.78 is 33.5. The summed E-state index contributed by atoms with van der Waals surface area (Å²) in [6.07, 6.45) is 27.5. The van der Waals surface area contributed by atoms with Gasteiger partial charge < -0.3 is 39.9 Å². The van der Waals surface area contributed by atoms with E-state index in [0.717, 1.165) is 38.5 Å². The van der Waals surface area contributed by atoms with Gasteiger partial charge in [-0.15, -0.1) is 0 Å². The zero-order valence-corrected chi connectivity index (χ0v) is 40.1. The van der Waals surface area contributed by atoms with Gasteiger partial charge in [-0.2, -0.15) is 0 Å². The van der Waals surface area contributed by atoms with Crippen molar-refractivity contribution in [2.24, 2.45) is 0 Å². The first-order valence-corrected chi connectivity index (χ1v) is 26.8. The first-order valence-electron chi connectivity index (χ1n) is 25.3. The van der Waals surface area contributed by atoms with Gasteiger partial charge in [0.25, 0.3) is 0 Å². The van der Waals surface area contributed by atoms with E-state index in [2.05, 4.69) is 13.8 Å². The minimum absolute atomic E-state index is 0.105. The average Bonchev–Trinajstić information content (AvgIpc) is 3.25. The van der Waals surface area contributed by atoms with Gasteiger partial charge in [0.1, 0.15) is 43.2 Å². The summed E-state index contributed by atoms with van der Waals surface area (Å²) >= 11 is 0. The third-order valence-corrected chi connectivity index (χ3v) is 13.2. The van der Waals surface area contributed by atoms with Gasteiger partial charge in [-0.3, -0.25) is 18.6 Å². The van der Waals surface area contributed by atoms with E-state index >= 15 is 0 Å². The van der Waals surface area contributed by atoms with Crippen LogP contribution in [0, 0.1) is 0 Å². The van der Waals surface area contributed by atoms with Crippen molar-refractivity contribution in [3.63, 3.8) is 0 Å². The van der Waals surface area contributed by atoms with Crippen molar-refractivity contribution in [1.82, 2.24) is 0 Å². The van der Waals surface area contributed by atoms with E-state index in [-0.39, 0.29) is 12.8 Å². The number of ether oxygens (including phenoxy) is 2. The second-order valence-electron chi connectivity index (χ2n) is 18.0. The number of unbranched alkanes of at least 4 members (excludes halogenated alkanes) is 31. The minimum Gasteiger partial charge on any atom is -0.462 e. The van der Waals surface area contributed by atoms with Crippen LogP contribution in [0.25, 0.3) is 0 Å². The molecule has 8 atom stereocenters. The lowest BCUT2D eigenvalue weighted by Crippen LogP contribution is -2.64. The molecule has 6 N–H and O–H groups in total. The zero-order chi connectivity index (χ0) is 45.7. The highest BCUT2D eigenvalue weighted by Gasteiger charge is 2.51. The van der Waals surface area contributed by atoms with Crippen molar-refractivity contribution in [1.29, 1.82) is 0 Å². The predicted octanol–water partition coefficient (Wildman–Crippen LogP) is 10.5. The molecule has 0 aromatic rings. The average molecular weight is 909 g/mol. The molecule has 0 aliphatic heterocycles. The first-order chi connectivity index (χ1) is 29.9. The van der Waals surface area contributed by atoms with Gasteiger partial charge in [0.15, 0.2) is 6.10 Å². The Morgan fingerprint density at radius 2 is 0.726 bits per heavy atom. The molecule has 0 saturated heterocycles. The molecule has 0 radical (unpaired) electrons. The molecule has 0 aromatic carbocycles. The molecule has 62 heavy (non-hydrogen) atoms. The highest BCUT2D eigenvalue weighted by atomic mass is 31.2. The standard InChI is InChI=1S/C48H93O13P/c1-3-5-7-9-11-13-15-16-17-18-19-20-21-22-23-24-25-26-27-29-31-33-35-37-42(50)60-40(38-58-41(49)36-34-32-30-28-14-12-10-8-6-4-2)39-59-62(56,57)61-48-46(54)44(52)43(51)45(53)47(48)55/h40,43-48,51-55H,3-39H2,1-2H3,(H,56,57)/t40-,43?,44-,45?,46?,47?,48?/m1/s1. The number of rotatable bonds is 43. The SMILES string of the molecule is CCCCCCCCCCCCCCCCCCCCCCCCCC(=O)O[C@H](COC(=O)CCCCCCCCCCCC)COP(=O)(O)OC1C(O)C(O)C(O)[C@@H](O)C1O. The van der Waals surface area contributed by atoms with E-state index in [0.29, 0.717) is 12.8 Å². The second-order valence-corrected chi connectivity index (χ2v) is 19.4. The van der Waals surface area contributed by atoms with Crippen LogP contribution in [0.5, 0.6) is 0 Å². The Bertz CT molecular complexity index is 1100. The number of hydrogen-bond acceptors (Lipinski definition) is 12. The third kappa shape index (κ3) is 30.9. The van der Waals surface area contributed by atoms with Gasteiger partial charge in [0.2, 0.25) is 0 Å². The number of esters is 2. The molecular formula is C48H93O13P. The van der Waals surface area contributed by atoms with Gasteiger partial charge in [0.05, 0.1) is 6.61 Å². The van der Waals surface area contributed by atoms with Gasteiger partial charge in [0, 0.05) is 12.8 Å². The predicted molar refractivity (Wildman–Crippen MR) is 244 cm³/mol. The molecule has 1 rings (SSSR count). The van der Waals surface area contributed by atoms with Crippen LogP contribution in [0.1, 0.15) is 239 Å². The molecule has 0 amide bonds. The summed E-state index contributed by atoms with van der Waals surface area (Å²) in [7, 11) is -5.11. The summed E-state index contributed by atoms with van der Waals surface area (Å²) in [6.45, 7) is 3.32. The van der Waals surface area contributed by atoms with Crippen LogP contribution < -0.4 is 0 Å². The van der Waals surface area contributed by atoms with Crippen LogP contribution in [-0.2, 0) is 32.7 Å². The quantitative estimate of drug-likeness (QED) is 0.0191. The van der Waals surface area contributed by atoms with Crippen LogP contribution in [-0.4, -0.2) is 98.3 Å². The van der Waals surface area contributed by atoms with Crippen molar-refractivity contribution in [2.75, 3.05) is 13.2 Å². The molecule has 1 aliphatic rings. The maximum atomic E-state index is 12.8. The van der Waals surface area contributed by atoms with E-state index in [9.17, 15) is 44.6 Å². The molecule has 1 saturated carbocycles. The minimum atomic E-state index is -5.11. The summed E-state index contributed by atoms with van der Waals surface area (Å²) in [5.74, 6) is -1.08. The Balaban J connectivity index is 2.32. The van der Waals surface area contributed by atoms with E-state index < -0.39 is 75.7 Å². The molecular weight excluding hydrogens is 815 g/mol. The molecule has 14 heteroatoms. The van der Waals surface area contributed by atoms with Crippen LogP contribution >= 0.6 is 7.82 Å². The molecule has 1 fully saturated rings. The lowest BCUT2D eigenvalue weighted by molar-refractivity contribution is -0.220. The Morgan fingerprint density at radius 3 is 1.06 bits per heavy atom. The highest BCUT2D eigenvalue weighted by Crippen LogP contribution is 2.47. The fraction of sp³-hybridized carbons (Fsp3) is 0.958. The fourth-order valence-electron chi connectivity index (χ4n) is 8.11. The third-order valence-electron chi connectivity index (χ3n) is 12.2. The van der Waals surface area contributed by atoms with E-state index in [1.807, 2.05) is 0 Å². The van der Waals surface area contributed by atoms with Crippen molar-refractivity contribution in [2.45, 2.75) is 281 Å². The lowest BCUT2D eigenvalue weighted by atomic mass is 9.85. The Kier molecular flexibility index (Phi) is 37.1. The maximum Gasteiger partial charge on any atom is 0.472 e. The number of phosphoric acid groups is 1. The zero-order valence-electron chi connectivity index (χ0n) is 39.2. The number of carbonyl (C=O) groups is 2. The van der Waals surface area contributed by atoms with Crippen LogP contribution in [0.3, 0.4) is 0 Å². The smallest absolute Gasteiger partial charge is 0.462 e. The van der Waals surface area contributed by atoms with Gasteiger partial charge in [-0.05, 0) is 12.8 Å². The van der Waals surface area contributed by atoms with E-state index in [1.54, 1.807) is 0 Å². The molecule has 368 valence electrons. The summed E-state index contributed by atoms with van der Waals surface area (Å²) in [5, 5.41) is 50.2. The van der Waals surface area contributed by atoms with Gasteiger partial charge in [-0.1, -0.05) is 213 Å². The fourth-order valence-corrected chi connectivity index (χ4v) is 9.09. The van der Waals surface area contributed by atoms with Crippen LogP contribution in [0.2, 0.25) is 0 Å². The van der Waals surface area contributed by atoms with Crippen molar-refractivity contribution in [3.8, 4) is 0 Å². The molecule has 0 spiro atoms. The Hall–Kier alpha value is -1.15. The van der Waals surface area contributed by atoms with E-state index in [4.69, 9.17) is 18.5 Å².